The minimum Gasteiger partial charge on any atom is -0.494 e. The first-order chi connectivity index (χ1) is 8.67. The second-order valence-electron chi connectivity index (χ2n) is 4.12. The number of fused-ring (bicyclic) bond motifs is 1. The van der Waals surface area contributed by atoms with E-state index in [1.165, 1.54) is 13.3 Å². The average Bonchev–Trinajstić information content (AvgIpc) is 2.39. The number of oxime groups is 1. The molecule has 0 bridgehead atoms. The van der Waals surface area contributed by atoms with Crippen LogP contribution in [0.4, 0.5) is 4.39 Å². The Morgan fingerprint density at radius 1 is 1.33 bits per heavy atom. The molecule has 18 heavy (non-hydrogen) atoms. The highest BCUT2D eigenvalue weighted by Gasteiger charge is 2.09. The number of hydrogen-bond donors (Lipinski definition) is 1. The van der Waals surface area contributed by atoms with E-state index in [-0.39, 0.29) is 17.5 Å². The molecule has 0 spiro atoms. The zero-order valence-electron chi connectivity index (χ0n) is 10.2. The maximum absolute atomic E-state index is 14.0. The molecule has 0 heterocycles. The molecule has 0 saturated heterocycles. The molecular weight excluding hydrogens is 233 g/mol. The third kappa shape index (κ3) is 2.14. The maximum atomic E-state index is 14.0. The first-order valence-electron chi connectivity index (χ1n) is 5.61. The van der Waals surface area contributed by atoms with Crippen LogP contribution in [0.25, 0.3) is 10.8 Å². The van der Waals surface area contributed by atoms with Gasteiger partial charge in [0.05, 0.1) is 13.3 Å². The number of methoxy groups -OCH3 is 1. The van der Waals surface area contributed by atoms with Gasteiger partial charge in [-0.25, -0.2) is 4.39 Å². The van der Waals surface area contributed by atoms with Gasteiger partial charge in [0, 0.05) is 11.3 Å². The molecular formula is C14H14FNO2. The fourth-order valence-corrected chi connectivity index (χ4v) is 1.92. The predicted molar refractivity (Wildman–Crippen MR) is 69.2 cm³/mol. The molecule has 1 unspecified atom stereocenters. The van der Waals surface area contributed by atoms with Gasteiger partial charge in [0.25, 0.3) is 0 Å². The topological polar surface area (TPSA) is 41.8 Å². The molecule has 0 amide bonds. The number of nitrogens with zero attached hydrogens (tertiary/aromatic N) is 1. The third-order valence-corrected chi connectivity index (χ3v) is 2.98. The number of benzene rings is 2. The van der Waals surface area contributed by atoms with Crippen molar-refractivity contribution in [3.05, 3.63) is 41.7 Å². The molecule has 0 fully saturated rings. The number of hydrogen-bond acceptors (Lipinski definition) is 3. The van der Waals surface area contributed by atoms with Crippen LogP contribution in [0.5, 0.6) is 5.75 Å². The summed E-state index contributed by atoms with van der Waals surface area (Å²) in [6.45, 7) is 1.90. The summed E-state index contributed by atoms with van der Waals surface area (Å²) < 4.78 is 18.9. The summed E-state index contributed by atoms with van der Waals surface area (Å²) in [6, 6.07) is 8.82. The van der Waals surface area contributed by atoms with Gasteiger partial charge in [-0.2, -0.15) is 0 Å². The Kier molecular flexibility index (Phi) is 3.46. The van der Waals surface area contributed by atoms with Gasteiger partial charge in [-0.05, 0) is 17.0 Å². The van der Waals surface area contributed by atoms with Crippen molar-refractivity contribution in [2.75, 3.05) is 7.11 Å². The molecule has 0 saturated carbocycles. The van der Waals surface area contributed by atoms with Gasteiger partial charge >= 0.3 is 0 Å². The second-order valence-corrected chi connectivity index (χ2v) is 4.12. The molecule has 4 heteroatoms. The van der Waals surface area contributed by atoms with Crippen LogP contribution >= 0.6 is 0 Å². The Morgan fingerprint density at radius 2 is 2.11 bits per heavy atom. The molecule has 0 radical (unpaired) electrons. The van der Waals surface area contributed by atoms with Gasteiger partial charge < -0.3 is 9.94 Å². The highest BCUT2D eigenvalue weighted by Crippen LogP contribution is 2.28. The van der Waals surface area contributed by atoms with Gasteiger partial charge in [-0.15, -0.1) is 5.16 Å². The average molecular weight is 247 g/mol. The van der Waals surface area contributed by atoms with Crippen LogP contribution in [0.3, 0.4) is 0 Å². The van der Waals surface area contributed by atoms with E-state index in [9.17, 15) is 4.39 Å². The normalized spacial score (nSPS) is 13.1. The lowest BCUT2D eigenvalue weighted by atomic mass is 9.98. The standard InChI is InChI=1S/C14H14FNO2/c1-9(8-16-17)10-3-5-12-11(7-10)4-6-13(18-2)14(12)15/h3-9,17H,1-2H3. The van der Waals surface area contributed by atoms with Crippen LogP contribution < -0.4 is 4.74 Å². The summed E-state index contributed by atoms with van der Waals surface area (Å²) in [6.07, 6.45) is 1.43. The molecule has 3 nitrogen and oxygen atoms in total. The maximum Gasteiger partial charge on any atom is 0.172 e. The van der Waals surface area contributed by atoms with E-state index in [0.29, 0.717) is 5.39 Å². The summed E-state index contributed by atoms with van der Waals surface area (Å²) in [5.41, 5.74) is 0.963. The van der Waals surface area contributed by atoms with Crippen LogP contribution in [0.2, 0.25) is 0 Å². The monoisotopic (exact) mass is 247 g/mol. The Balaban J connectivity index is 2.54. The summed E-state index contributed by atoms with van der Waals surface area (Å²) in [7, 11) is 1.44. The lowest BCUT2D eigenvalue weighted by Crippen LogP contribution is -1.95. The molecule has 1 atom stereocenters. The van der Waals surface area contributed by atoms with E-state index in [1.807, 2.05) is 25.1 Å². The van der Waals surface area contributed by atoms with Crippen molar-refractivity contribution in [2.45, 2.75) is 12.8 Å². The van der Waals surface area contributed by atoms with E-state index in [0.717, 1.165) is 10.9 Å². The summed E-state index contributed by atoms with van der Waals surface area (Å²) in [5.74, 6) is -0.144. The van der Waals surface area contributed by atoms with Crippen LogP contribution in [0.15, 0.2) is 35.5 Å². The Morgan fingerprint density at radius 3 is 2.78 bits per heavy atom. The second kappa shape index (κ2) is 5.04. The van der Waals surface area contributed by atoms with Crippen LogP contribution in [-0.2, 0) is 0 Å². The number of halogens is 1. The lowest BCUT2D eigenvalue weighted by molar-refractivity contribution is 0.320. The summed E-state index contributed by atoms with van der Waals surface area (Å²) in [5, 5.41) is 12.8. The Bertz CT molecular complexity index is 596. The summed E-state index contributed by atoms with van der Waals surface area (Å²) in [4.78, 5) is 0. The fraction of sp³-hybridized carbons (Fsp3) is 0.214. The van der Waals surface area contributed by atoms with E-state index < -0.39 is 0 Å². The quantitative estimate of drug-likeness (QED) is 0.512. The minimum atomic E-state index is -0.356. The predicted octanol–water partition coefficient (Wildman–Crippen LogP) is 3.55. The van der Waals surface area contributed by atoms with E-state index in [4.69, 9.17) is 9.94 Å². The van der Waals surface area contributed by atoms with Crippen molar-refractivity contribution >= 4 is 17.0 Å². The van der Waals surface area contributed by atoms with Gasteiger partial charge in [0.2, 0.25) is 0 Å². The molecule has 2 aromatic rings. The van der Waals surface area contributed by atoms with Crippen LogP contribution in [0, 0.1) is 5.82 Å². The lowest BCUT2D eigenvalue weighted by Gasteiger charge is -2.09. The number of ether oxygens (including phenoxy) is 1. The molecule has 2 rings (SSSR count). The SMILES string of the molecule is COc1ccc2cc(C(C)C=NO)ccc2c1F. The Labute approximate surface area is 104 Å². The van der Waals surface area contributed by atoms with E-state index >= 15 is 0 Å². The largest absolute Gasteiger partial charge is 0.494 e. The highest BCUT2D eigenvalue weighted by molar-refractivity contribution is 5.86. The molecule has 2 aromatic carbocycles. The van der Waals surface area contributed by atoms with Crippen LogP contribution in [-0.4, -0.2) is 18.5 Å². The van der Waals surface area contributed by atoms with E-state index in [1.54, 1.807) is 12.1 Å². The van der Waals surface area contributed by atoms with Gasteiger partial charge in [0.1, 0.15) is 0 Å². The van der Waals surface area contributed by atoms with Crippen molar-refractivity contribution in [2.24, 2.45) is 5.16 Å². The van der Waals surface area contributed by atoms with Crippen molar-refractivity contribution in [3.63, 3.8) is 0 Å². The Hall–Kier alpha value is -2.10. The van der Waals surface area contributed by atoms with Gasteiger partial charge in [0.15, 0.2) is 11.6 Å². The van der Waals surface area contributed by atoms with Crippen molar-refractivity contribution < 1.29 is 14.3 Å². The molecule has 0 aliphatic carbocycles. The molecule has 1 N–H and O–H groups in total. The minimum absolute atomic E-state index is 0.0236. The first-order valence-corrected chi connectivity index (χ1v) is 5.61. The van der Waals surface area contributed by atoms with Gasteiger partial charge in [-0.3, -0.25) is 0 Å². The third-order valence-electron chi connectivity index (χ3n) is 2.98. The first kappa shape index (κ1) is 12.4. The summed E-state index contributed by atoms with van der Waals surface area (Å²) >= 11 is 0. The number of rotatable bonds is 3. The van der Waals surface area contributed by atoms with E-state index in [2.05, 4.69) is 5.16 Å². The van der Waals surface area contributed by atoms with Crippen molar-refractivity contribution in [1.82, 2.24) is 0 Å². The van der Waals surface area contributed by atoms with Crippen molar-refractivity contribution in [1.29, 1.82) is 0 Å². The fourth-order valence-electron chi connectivity index (χ4n) is 1.92. The smallest absolute Gasteiger partial charge is 0.172 e. The van der Waals surface area contributed by atoms with Gasteiger partial charge in [-0.1, -0.05) is 31.2 Å². The molecule has 0 aliphatic rings. The highest BCUT2D eigenvalue weighted by atomic mass is 19.1. The van der Waals surface area contributed by atoms with Crippen LogP contribution in [0.1, 0.15) is 18.4 Å². The molecule has 94 valence electrons. The molecule has 0 aliphatic heterocycles. The zero-order valence-corrected chi connectivity index (χ0v) is 10.2. The molecule has 0 aromatic heterocycles. The zero-order chi connectivity index (χ0) is 13.1. The van der Waals surface area contributed by atoms with Crippen molar-refractivity contribution in [3.8, 4) is 5.75 Å².